The van der Waals surface area contributed by atoms with Crippen molar-refractivity contribution in [1.82, 2.24) is 0 Å². The molecule has 0 saturated heterocycles. The molecule has 0 heterocycles. The summed E-state index contributed by atoms with van der Waals surface area (Å²) in [6.07, 6.45) is 12.4. The molecule has 0 nitrogen and oxygen atoms in total. The SMILES string of the molecule is CC1=CCCC(C)(C)C1/C=C/CCC(C)C. The second-order valence-electron chi connectivity index (χ2n) is 6.35. The topological polar surface area (TPSA) is 0 Å². The zero-order valence-corrected chi connectivity index (χ0v) is 11.7. The average molecular weight is 220 g/mol. The second kappa shape index (κ2) is 5.70. The van der Waals surface area contributed by atoms with E-state index in [4.69, 9.17) is 0 Å². The summed E-state index contributed by atoms with van der Waals surface area (Å²) in [5, 5.41) is 0. The Morgan fingerprint density at radius 1 is 1.44 bits per heavy atom. The van der Waals surface area contributed by atoms with Crippen LogP contribution in [0.4, 0.5) is 0 Å². The maximum absolute atomic E-state index is 2.45. The molecule has 0 aromatic rings. The molecule has 0 amide bonds. The Bertz CT molecular complexity index is 266. The standard InChI is InChI=1S/C16H28/c1-13(2)9-6-7-11-15-14(3)10-8-12-16(15,4)5/h7,10-11,13,15H,6,8-9,12H2,1-5H3/b11-7+. The largest absolute Gasteiger partial charge is 0.0879 e. The zero-order chi connectivity index (χ0) is 12.2. The van der Waals surface area contributed by atoms with E-state index in [0.717, 1.165) is 5.92 Å². The van der Waals surface area contributed by atoms with Crippen LogP contribution in [0.25, 0.3) is 0 Å². The van der Waals surface area contributed by atoms with E-state index in [2.05, 4.69) is 52.8 Å². The van der Waals surface area contributed by atoms with E-state index in [1.54, 1.807) is 5.57 Å². The van der Waals surface area contributed by atoms with Crippen molar-refractivity contribution < 1.29 is 0 Å². The minimum absolute atomic E-state index is 0.452. The molecule has 1 atom stereocenters. The first-order chi connectivity index (χ1) is 7.43. The van der Waals surface area contributed by atoms with Crippen LogP contribution in [0.15, 0.2) is 23.8 Å². The molecule has 0 aliphatic heterocycles. The molecule has 16 heavy (non-hydrogen) atoms. The molecular weight excluding hydrogens is 192 g/mol. The normalized spacial score (nSPS) is 25.1. The van der Waals surface area contributed by atoms with Gasteiger partial charge in [-0.25, -0.2) is 0 Å². The van der Waals surface area contributed by atoms with Gasteiger partial charge in [-0.2, -0.15) is 0 Å². The van der Waals surface area contributed by atoms with E-state index in [9.17, 15) is 0 Å². The van der Waals surface area contributed by atoms with Crippen LogP contribution < -0.4 is 0 Å². The minimum atomic E-state index is 0.452. The van der Waals surface area contributed by atoms with E-state index in [1.165, 1.54) is 25.7 Å². The Labute approximate surface area is 102 Å². The van der Waals surface area contributed by atoms with Gasteiger partial charge in [0.15, 0.2) is 0 Å². The van der Waals surface area contributed by atoms with Crippen LogP contribution in [0, 0.1) is 17.3 Å². The minimum Gasteiger partial charge on any atom is -0.0879 e. The summed E-state index contributed by atoms with van der Waals surface area (Å²) in [6.45, 7) is 11.7. The number of allylic oxidation sites excluding steroid dienone is 4. The highest BCUT2D eigenvalue weighted by Crippen LogP contribution is 2.41. The van der Waals surface area contributed by atoms with Crippen LogP contribution in [0.1, 0.15) is 60.3 Å². The summed E-state index contributed by atoms with van der Waals surface area (Å²) < 4.78 is 0. The molecule has 1 aliphatic rings. The van der Waals surface area contributed by atoms with Gasteiger partial charge in [0.1, 0.15) is 0 Å². The maximum atomic E-state index is 2.45. The lowest BCUT2D eigenvalue weighted by atomic mass is 9.68. The highest BCUT2D eigenvalue weighted by molar-refractivity contribution is 5.18. The van der Waals surface area contributed by atoms with Crippen molar-refractivity contribution in [1.29, 1.82) is 0 Å². The molecule has 1 unspecified atom stereocenters. The fourth-order valence-electron chi connectivity index (χ4n) is 2.64. The molecule has 0 N–H and O–H groups in total. The Balaban J connectivity index is 2.56. The van der Waals surface area contributed by atoms with Crippen LogP contribution >= 0.6 is 0 Å². The average Bonchev–Trinajstić information content (AvgIpc) is 2.14. The van der Waals surface area contributed by atoms with Gasteiger partial charge in [0.05, 0.1) is 0 Å². The molecule has 0 aromatic heterocycles. The van der Waals surface area contributed by atoms with Crippen LogP contribution in [0.5, 0.6) is 0 Å². The first kappa shape index (κ1) is 13.5. The number of rotatable bonds is 4. The van der Waals surface area contributed by atoms with Crippen LogP contribution in [0.2, 0.25) is 0 Å². The van der Waals surface area contributed by atoms with Crippen LogP contribution in [-0.4, -0.2) is 0 Å². The molecular formula is C16H28. The third-order valence-corrected chi connectivity index (χ3v) is 3.83. The summed E-state index contributed by atoms with van der Waals surface area (Å²) in [7, 11) is 0. The van der Waals surface area contributed by atoms with Gasteiger partial charge in [-0.3, -0.25) is 0 Å². The molecule has 0 heteroatoms. The van der Waals surface area contributed by atoms with Gasteiger partial charge < -0.3 is 0 Å². The van der Waals surface area contributed by atoms with Crippen molar-refractivity contribution in [2.45, 2.75) is 60.3 Å². The lowest BCUT2D eigenvalue weighted by Crippen LogP contribution is -2.26. The van der Waals surface area contributed by atoms with Gasteiger partial charge in [-0.15, -0.1) is 0 Å². The molecule has 0 bridgehead atoms. The van der Waals surface area contributed by atoms with E-state index < -0.39 is 0 Å². The summed E-state index contributed by atoms with van der Waals surface area (Å²) in [5.41, 5.74) is 2.02. The predicted molar refractivity (Wildman–Crippen MR) is 73.5 cm³/mol. The molecule has 0 radical (unpaired) electrons. The third-order valence-electron chi connectivity index (χ3n) is 3.83. The molecule has 0 saturated carbocycles. The van der Waals surface area contributed by atoms with Crippen molar-refractivity contribution in [2.24, 2.45) is 17.3 Å². The smallest absolute Gasteiger partial charge is 0.00253 e. The monoisotopic (exact) mass is 220 g/mol. The Morgan fingerprint density at radius 2 is 2.12 bits per heavy atom. The second-order valence-corrected chi connectivity index (χ2v) is 6.35. The van der Waals surface area contributed by atoms with E-state index >= 15 is 0 Å². The number of hydrogen-bond donors (Lipinski definition) is 0. The fourth-order valence-corrected chi connectivity index (χ4v) is 2.64. The van der Waals surface area contributed by atoms with Crippen molar-refractivity contribution in [3.8, 4) is 0 Å². The van der Waals surface area contributed by atoms with Crippen molar-refractivity contribution in [3.05, 3.63) is 23.8 Å². The van der Waals surface area contributed by atoms with Crippen LogP contribution in [-0.2, 0) is 0 Å². The zero-order valence-electron chi connectivity index (χ0n) is 11.7. The summed E-state index contributed by atoms with van der Waals surface area (Å²) in [4.78, 5) is 0. The van der Waals surface area contributed by atoms with Gasteiger partial charge >= 0.3 is 0 Å². The Kier molecular flexibility index (Phi) is 4.83. The van der Waals surface area contributed by atoms with Crippen molar-refractivity contribution >= 4 is 0 Å². The van der Waals surface area contributed by atoms with E-state index in [-0.39, 0.29) is 0 Å². The summed E-state index contributed by atoms with van der Waals surface area (Å²) in [6, 6.07) is 0. The van der Waals surface area contributed by atoms with Crippen molar-refractivity contribution in [3.63, 3.8) is 0 Å². The summed E-state index contributed by atoms with van der Waals surface area (Å²) in [5.74, 6) is 1.48. The molecule has 0 spiro atoms. The third kappa shape index (κ3) is 3.81. The molecule has 1 rings (SSSR count). The first-order valence-electron chi connectivity index (χ1n) is 6.77. The van der Waals surface area contributed by atoms with Crippen molar-refractivity contribution in [2.75, 3.05) is 0 Å². The van der Waals surface area contributed by atoms with Gasteiger partial charge in [-0.05, 0) is 43.9 Å². The molecule has 92 valence electrons. The van der Waals surface area contributed by atoms with E-state index in [1.807, 2.05) is 0 Å². The van der Waals surface area contributed by atoms with E-state index in [0.29, 0.717) is 11.3 Å². The molecule has 0 fully saturated rings. The molecule has 0 aromatic carbocycles. The van der Waals surface area contributed by atoms with Gasteiger partial charge in [0, 0.05) is 5.92 Å². The van der Waals surface area contributed by atoms with Gasteiger partial charge in [0.2, 0.25) is 0 Å². The van der Waals surface area contributed by atoms with Crippen LogP contribution in [0.3, 0.4) is 0 Å². The molecule has 1 aliphatic carbocycles. The first-order valence-corrected chi connectivity index (χ1v) is 6.77. The fraction of sp³-hybridized carbons (Fsp3) is 0.750. The van der Waals surface area contributed by atoms with Gasteiger partial charge in [0.25, 0.3) is 0 Å². The Hall–Kier alpha value is -0.520. The van der Waals surface area contributed by atoms with Gasteiger partial charge in [-0.1, -0.05) is 51.5 Å². The summed E-state index contributed by atoms with van der Waals surface area (Å²) >= 11 is 0. The lowest BCUT2D eigenvalue weighted by molar-refractivity contribution is 0.255. The predicted octanol–water partition coefficient (Wildman–Crippen LogP) is 5.36. The highest BCUT2D eigenvalue weighted by atomic mass is 14.3. The number of hydrogen-bond acceptors (Lipinski definition) is 0. The maximum Gasteiger partial charge on any atom is 0.00253 e. The lowest BCUT2D eigenvalue weighted by Gasteiger charge is -2.36. The Morgan fingerprint density at radius 3 is 2.69 bits per heavy atom. The quantitative estimate of drug-likeness (QED) is 0.559. The highest BCUT2D eigenvalue weighted by Gasteiger charge is 2.30.